The van der Waals surface area contributed by atoms with Crippen molar-refractivity contribution in [1.29, 1.82) is 0 Å². The molecule has 100 heavy (non-hydrogen) atoms. The van der Waals surface area contributed by atoms with Crippen molar-refractivity contribution in [2.75, 3.05) is 0 Å². The lowest BCUT2D eigenvalue weighted by Crippen LogP contribution is -1.98. The highest BCUT2D eigenvalue weighted by Crippen LogP contribution is 2.45. The number of aromatic nitrogens is 12. The molecular formula is C88H92N12. The van der Waals surface area contributed by atoms with Crippen LogP contribution in [0.1, 0.15) is 191 Å². The fourth-order valence-corrected chi connectivity index (χ4v) is 15.3. The molecule has 0 aromatic carbocycles. The Morgan fingerprint density at radius 3 is 0.940 bits per heavy atom. The number of aryl methyl sites for hydroxylation is 12. The maximum atomic E-state index is 4.73. The third-order valence-corrected chi connectivity index (χ3v) is 22.2. The minimum atomic E-state index is 0.881. The second-order valence-electron chi connectivity index (χ2n) is 28.8. The maximum Gasteiger partial charge on any atom is 0.0548 e. The van der Waals surface area contributed by atoms with Crippen molar-refractivity contribution >= 4 is 0 Å². The van der Waals surface area contributed by atoms with Crippen molar-refractivity contribution in [3.63, 3.8) is 0 Å². The second kappa shape index (κ2) is 26.8. The van der Waals surface area contributed by atoms with Crippen molar-refractivity contribution in [1.82, 2.24) is 59.8 Å². The Morgan fingerprint density at radius 1 is 0.210 bits per heavy atom. The third kappa shape index (κ3) is 12.3. The molecule has 0 fully saturated rings. The fraction of sp³-hybridized carbons (Fsp3) is 0.318. The van der Waals surface area contributed by atoms with E-state index in [-0.39, 0.29) is 0 Å². The summed E-state index contributed by atoms with van der Waals surface area (Å²) in [5.74, 6) is 0. The van der Waals surface area contributed by atoms with Crippen LogP contribution in [0.3, 0.4) is 0 Å². The Hall–Kier alpha value is -10.2. The molecule has 0 saturated carbocycles. The van der Waals surface area contributed by atoms with Crippen LogP contribution in [0.5, 0.6) is 0 Å². The van der Waals surface area contributed by atoms with E-state index in [2.05, 4.69) is 226 Å². The van der Waals surface area contributed by atoms with E-state index in [9.17, 15) is 0 Å². The number of rotatable bonds is 0. The normalized spacial score (nSPS) is 12.5. The summed E-state index contributed by atoms with van der Waals surface area (Å²) in [6.45, 7) is 46.9. The zero-order valence-electron chi connectivity index (χ0n) is 62.7. The van der Waals surface area contributed by atoms with Crippen LogP contribution in [0.2, 0.25) is 0 Å². The third-order valence-electron chi connectivity index (χ3n) is 22.2. The first kappa shape index (κ1) is 68.3. The first-order valence-corrected chi connectivity index (χ1v) is 35.2. The monoisotopic (exact) mass is 1320 g/mol. The van der Waals surface area contributed by atoms with E-state index >= 15 is 0 Å². The average Bonchev–Trinajstić information content (AvgIpc) is 1.63. The Morgan fingerprint density at radius 2 is 0.500 bits per heavy atom. The molecule has 0 unspecified atom stereocenters. The molecule has 6 aliphatic rings. The van der Waals surface area contributed by atoms with Crippen LogP contribution in [0.15, 0.2) is 85.8 Å². The smallest absolute Gasteiger partial charge is 0.0548 e. The lowest BCUT2D eigenvalue weighted by Gasteiger charge is -2.12. The minimum Gasteiger partial charge on any atom is -0.260 e. The number of hydrogen-bond donors (Lipinski definition) is 0. The second-order valence-corrected chi connectivity index (χ2v) is 28.8. The minimum absolute atomic E-state index is 0.881. The van der Waals surface area contributed by atoms with Crippen LogP contribution >= 0.6 is 0 Å². The van der Waals surface area contributed by atoms with E-state index in [1.165, 1.54) is 230 Å². The summed E-state index contributed by atoms with van der Waals surface area (Å²) in [6, 6.07) is 15.1. The van der Waals surface area contributed by atoms with E-state index in [0.717, 1.165) is 67.0 Å². The quantitative estimate of drug-likeness (QED) is 0.142. The van der Waals surface area contributed by atoms with Gasteiger partial charge in [0.1, 0.15) is 0 Å². The molecule has 0 radical (unpaired) electrons. The number of pyridine rings is 12. The highest BCUT2D eigenvalue weighted by Gasteiger charge is 2.31. The summed E-state index contributed by atoms with van der Waals surface area (Å²) in [5.41, 5.74) is 57.6. The van der Waals surface area contributed by atoms with Crippen LogP contribution in [0, 0.1) is 152 Å². The molecule has 6 aliphatic carbocycles. The van der Waals surface area contributed by atoms with Crippen LogP contribution < -0.4 is 0 Å². The molecule has 0 atom stereocenters. The molecule has 12 aromatic heterocycles. The highest BCUT2D eigenvalue weighted by molar-refractivity contribution is 5.84. The fourth-order valence-electron chi connectivity index (χ4n) is 15.3. The molecule has 12 heterocycles. The molecule has 0 spiro atoms. The summed E-state index contributed by atoms with van der Waals surface area (Å²) in [7, 11) is 0. The molecular weight excluding hydrogens is 1230 g/mol. The van der Waals surface area contributed by atoms with Gasteiger partial charge in [0.2, 0.25) is 0 Å². The van der Waals surface area contributed by atoms with Crippen molar-refractivity contribution in [3.05, 3.63) is 277 Å². The molecule has 12 nitrogen and oxygen atoms in total. The first-order chi connectivity index (χ1) is 47.7. The van der Waals surface area contributed by atoms with E-state index in [1.54, 1.807) is 0 Å². The number of hydrogen-bond acceptors (Lipinski definition) is 12. The van der Waals surface area contributed by atoms with Gasteiger partial charge in [-0.1, -0.05) is 12.1 Å². The summed E-state index contributed by atoms with van der Waals surface area (Å²) in [4.78, 5) is 55.1. The van der Waals surface area contributed by atoms with Gasteiger partial charge in [-0.3, -0.25) is 59.8 Å². The Kier molecular flexibility index (Phi) is 18.3. The standard InChI is InChI=1S/4C15H16N2.2C14H14N2/c1-8-6-16-12-5-13-15(14(12)10(8)3)11(4)9(2)7-17-13;1-8-5-12-13(16-7-8)6-14-15(12)10(3)9(2)11(4)17-14;1-8-5-6-16-12-7-13-15(14(8)12)10(3)9(2)11(4)17-13;1-8-5-6-12-13(16-8)7-14-15(12)10(3)9(2)11(4)17-14;1-8-4-11-12(15-6-8)5-13-14(11)10(3)9(2)7-16-13;1-8-7-15-13-6-12-11(14(13)10(8)3)5-4-9(2)16-12/h6-7H,5H2,1-4H3;5,7H,6H2,1-4H3;2*5-6H,7H2,1-4H3;4,6-7H,5H2,1-3H3;4-5,7H,6H2,1-3H3. The zero-order chi connectivity index (χ0) is 71.2. The van der Waals surface area contributed by atoms with Gasteiger partial charge in [0.05, 0.1) is 68.3 Å². The van der Waals surface area contributed by atoms with Crippen molar-refractivity contribution in [2.45, 2.75) is 191 Å². The number of fused-ring (bicyclic) bond motifs is 18. The van der Waals surface area contributed by atoms with Crippen molar-refractivity contribution in [2.24, 2.45) is 0 Å². The Labute approximate surface area is 591 Å². The first-order valence-electron chi connectivity index (χ1n) is 35.2. The predicted octanol–water partition coefficient (Wildman–Crippen LogP) is 19.1. The van der Waals surface area contributed by atoms with Crippen molar-refractivity contribution in [3.8, 4) is 66.8 Å². The van der Waals surface area contributed by atoms with Crippen LogP contribution in [-0.4, -0.2) is 59.8 Å². The molecule has 504 valence electrons. The average molecular weight is 1320 g/mol. The molecule has 0 bridgehead atoms. The molecule has 0 saturated heterocycles. The van der Waals surface area contributed by atoms with Gasteiger partial charge in [-0.15, -0.1) is 0 Å². The van der Waals surface area contributed by atoms with Gasteiger partial charge in [-0.05, 0) is 277 Å². The van der Waals surface area contributed by atoms with E-state index in [0.29, 0.717) is 0 Å². The molecule has 18 rings (SSSR count). The van der Waals surface area contributed by atoms with E-state index in [4.69, 9.17) is 15.0 Å². The van der Waals surface area contributed by atoms with Gasteiger partial charge >= 0.3 is 0 Å². The van der Waals surface area contributed by atoms with Gasteiger partial charge in [0, 0.05) is 177 Å². The summed E-state index contributed by atoms with van der Waals surface area (Å²) in [5, 5.41) is 0. The van der Waals surface area contributed by atoms with E-state index in [1.807, 2.05) is 57.2 Å². The largest absolute Gasteiger partial charge is 0.260 e. The molecule has 0 N–H and O–H groups in total. The van der Waals surface area contributed by atoms with Gasteiger partial charge in [0.15, 0.2) is 0 Å². The SMILES string of the molecule is Cc1ccc2c(n1)Cc1nc(C)c(C)c(C)c1-2.Cc1ccc2c(n1)Cc1ncc(C)c(C)c1-2.Cc1ccnc2c1-c1c(nc(C)c(C)c1C)C2.Cc1cnc2c(c1)-c1c(nc(C)c(C)c1C)C2.Cc1cnc2c(c1)-c1c(ncc(C)c1C)C2.Cc1cnc2c(c1C)-c1c(ncc(C)c1C)C2. The Bertz CT molecular complexity index is 5350. The predicted molar refractivity (Wildman–Crippen MR) is 406 cm³/mol. The maximum absolute atomic E-state index is 4.73. The van der Waals surface area contributed by atoms with Gasteiger partial charge < -0.3 is 0 Å². The molecule has 0 aliphatic heterocycles. The van der Waals surface area contributed by atoms with Crippen molar-refractivity contribution < 1.29 is 0 Å². The van der Waals surface area contributed by atoms with Gasteiger partial charge in [-0.2, -0.15) is 0 Å². The lowest BCUT2D eigenvalue weighted by atomic mass is 9.96. The van der Waals surface area contributed by atoms with Crippen LogP contribution in [0.4, 0.5) is 0 Å². The van der Waals surface area contributed by atoms with Crippen LogP contribution in [0.25, 0.3) is 66.8 Å². The van der Waals surface area contributed by atoms with Gasteiger partial charge in [0.25, 0.3) is 0 Å². The molecule has 12 heteroatoms. The molecule has 12 aromatic rings. The topological polar surface area (TPSA) is 155 Å². The number of nitrogens with zero attached hydrogens (tertiary/aromatic N) is 12. The summed E-state index contributed by atoms with van der Waals surface area (Å²) < 4.78 is 0. The summed E-state index contributed by atoms with van der Waals surface area (Å²) >= 11 is 0. The zero-order valence-corrected chi connectivity index (χ0v) is 62.7. The van der Waals surface area contributed by atoms with Gasteiger partial charge in [-0.25, -0.2) is 0 Å². The highest BCUT2D eigenvalue weighted by atomic mass is 14.8. The van der Waals surface area contributed by atoms with Crippen LogP contribution in [-0.2, 0) is 38.5 Å². The molecule has 0 amide bonds. The Balaban J connectivity index is 0.000000108. The summed E-state index contributed by atoms with van der Waals surface area (Å²) in [6.07, 6.45) is 19.0. The lowest BCUT2D eigenvalue weighted by molar-refractivity contribution is 1.00. The van der Waals surface area contributed by atoms with E-state index < -0.39 is 0 Å².